The number of fused-ring (bicyclic) bond motifs is 3. The monoisotopic (exact) mass is 1950 g/mol. The molecule has 9 aliphatic carbocycles. The molecular weight excluding hydrogens is 1810 g/mol. The molecule has 586 valence electrons. The van der Waals surface area contributed by atoms with Gasteiger partial charge in [-0.15, -0.1) is 0 Å². The Hall–Kier alpha value is 2.80. The van der Waals surface area contributed by atoms with Gasteiger partial charge in [0.25, 0.3) is 0 Å². The number of ketones is 1. The van der Waals surface area contributed by atoms with Gasteiger partial charge in [-0.25, -0.2) is 0 Å². The van der Waals surface area contributed by atoms with E-state index in [1.54, 1.807) is 11.1 Å². The van der Waals surface area contributed by atoms with Crippen LogP contribution in [0.5, 0.6) is 0 Å². The molecule has 108 heavy (non-hydrogen) atoms. The van der Waals surface area contributed by atoms with Crippen molar-refractivity contribution in [1.29, 1.82) is 0 Å². The van der Waals surface area contributed by atoms with E-state index >= 15 is 0 Å². The van der Waals surface area contributed by atoms with Crippen LogP contribution >= 0.6 is 8.15 Å². The summed E-state index contributed by atoms with van der Waals surface area (Å²) in [6, 6.07) is 20.4. The summed E-state index contributed by atoms with van der Waals surface area (Å²) < 4.78 is 6.22. The topological polar surface area (TPSA) is 148 Å². The summed E-state index contributed by atoms with van der Waals surface area (Å²) in [6.07, 6.45) is 42.3. The van der Waals surface area contributed by atoms with Crippen molar-refractivity contribution in [3.63, 3.8) is 0 Å². The fourth-order valence-electron chi connectivity index (χ4n) is 21.2. The van der Waals surface area contributed by atoms with E-state index in [0.29, 0.717) is 89.8 Å². The molecule has 6 N–H and O–H groups in total. The molecule has 15 heteroatoms. The Bertz CT molecular complexity index is 2990. The maximum atomic E-state index is 12.2. The third-order valence-electron chi connectivity index (χ3n) is 27.3. The van der Waals surface area contributed by atoms with Crippen LogP contribution in [0.15, 0.2) is 155 Å². The van der Waals surface area contributed by atoms with Crippen molar-refractivity contribution in [1.82, 2.24) is 0 Å². The van der Waals surface area contributed by atoms with E-state index in [4.69, 9.17) is 4.52 Å². The Morgan fingerprint density at radius 2 is 0.713 bits per heavy atom. The molecule has 9 aliphatic rings. The predicted octanol–water partition coefficient (Wildman–Crippen LogP) is 21.4. The van der Waals surface area contributed by atoms with Gasteiger partial charge < -0.3 is 35.2 Å². The van der Waals surface area contributed by atoms with Crippen LogP contribution in [0.2, 0.25) is 0 Å². The van der Waals surface area contributed by atoms with Crippen molar-refractivity contribution < 1.29 is 236 Å². The van der Waals surface area contributed by atoms with E-state index in [-0.39, 0.29) is 196 Å². The third-order valence-corrected chi connectivity index (χ3v) is 29.3. The Morgan fingerprint density at radius 1 is 0.417 bits per heavy atom. The van der Waals surface area contributed by atoms with Crippen molar-refractivity contribution >= 4 is 24.5 Å². The van der Waals surface area contributed by atoms with Crippen LogP contribution in [0, 0.1) is 87.3 Å². The van der Waals surface area contributed by atoms with Gasteiger partial charge in [-0.2, -0.15) is 0 Å². The van der Waals surface area contributed by atoms with Crippen molar-refractivity contribution in [2.24, 2.45) is 87.3 Å². The quantitative estimate of drug-likeness (QED) is 0.0505. The maximum Gasteiger partial charge on any atom is 0.136 e. The molecule has 0 saturated heterocycles. The van der Waals surface area contributed by atoms with Gasteiger partial charge in [0.2, 0.25) is 0 Å². The molecule has 2 aromatic rings. The number of aliphatic hydroxyl groups is 6. The first-order valence-electron chi connectivity index (χ1n) is 41.2. The van der Waals surface area contributed by atoms with Crippen molar-refractivity contribution in [2.75, 3.05) is 6.61 Å². The summed E-state index contributed by atoms with van der Waals surface area (Å²) >= 11 is 0. The first-order chi connectivity index (χ1) is 48.5. The molecule has 0 amide bonds. The molecule has 9 saturated carbocycles. The van der Waals surface area contributed by atoms with E-state index < -0.39 is 44.8 Å². The van der Waals surface area contributed by atoms with Crippen molar-refractivity contribution in [3.8, 4) is 0 Å². The average Bonchev–Trinajstić information content (AvgIpc) is 1.62. The van der Waals surface area contributed by atoms with Crippen LogP contribution in [0.4, 0.5) is 0 Å². The number of benzene rings is 2. The Morgan fingerprint density at radius 3 is 1.04 bits per heavy atom. The molecule has 3 unspecified atom stereocenters. The Balaban J connectivity index is 0.000000485. The first kappa shape index (κ1) is 107. The van der Waals surface area contributed by atoms with E-state index in [2.05, 4.69) is 151 Å². The summed E-state index contributed by atoms with van der Waals surface area (Å²) in [4.78, 5) is 12.2. The van der Waals surface area contributed by atoms with Gasteiger partial charge in [-0.1, -0.05) is 280 Å². The van der Waals surface area contributed by atoms with Gasteiger partial charge in [0.1, 0.15) is 5.78 Å². The fourth-order valence-corrected chi connectivity index (χ4v) is 22.9. The summed E-state index contributed by atoms with van der Waals surface area (Å²) in [5, 5.41) is 62.7. The largest absolute Gasteiger partial charge is 0.388 e. The minimum atomic E-state index is -0.896. The molecule has 6 radical (unpaired) electrons. The zero-order chi connectivity index (χ0) is 74.1. The Kier molecular flexibility index (Phi) is 51.7. The average molecular weight is 1950 g/mol. The second-order valence-electron chi connectivity index (χ2n) is 36.0. The first-order valence-corrected chi connectivity index (χ1v) is 42.4. The van der Waals surface area contributed by atoms with Crippen LogP contribution in [-0.4, -0.2) is 79.7 Å². The molecule has 0 aromatic heterocycles. The summed E-state index contributed by atoms with van der Waals surface area (Å²) in [5.74, 6) is 9.87. The second kappa shape index (κ2) is 52.2. The maximum absolute atomic E-state index is 12.2. The summed E-state index contributed by atoms with van der Waals surface area (Å²) in [5.41, 5.74) is 9.50. The number of hydrogen-bond acceptors (Lipinski definition) is 8. The SMILES string of the molecule is C=C1[C@H](O)CC(=C/C=C2\CCC[C@]3(C)C([C@@H](C)CCCC(C)C)CC[C@@H]23)C[C@H]1O.C=C1[C@H](O)CC(=C/C=C2\CCC[C@]3(C)C([C@@H](C)CCCC(C)C)CC[C@@H]23)C[C@H]1O.C=C1[C@H](O)CC(=CCOP(c2ccccc2)c2ccccc2)C[C@H]1O.CC(C)CCC[C@H](C)C1CC[C@H]2C(=O)CCC[C@]12C.[Y].[Y].[Y].[Y].[Y].[Y]. The molecule has 0 bridgehead atoms. The van der Waals surface area contributed by atoms with Gasteiger partial charge in [0.15, 0.2) is 0 Å². The zero-order valence-electron chi connectivity index (χ0n) is 69.5. The van der Waals surface area contributed by atoms with E-state index in [1.165, 1.54) is 152 Å². The fraction of sp³-hybridized carbons (Fsp3) is 0.688. The van der Waals surface area contributed by atoms with Gasteiger partial charge in [0.05, 0.1) is 51.4 Å². The molecule has 0 spiro atoms. The number of hydrogen-bond donors (Lipinski definition) is 6. The smallest absolute Gasteiger partial charge is 0.136 e. The Labute approximate surface area is 810 Å². The number of carbonyl (C=O) groups excluding carboxylic acids is 1. The number of rotatable bonds is 22. The molecule has 0 aliphatic heterocycles. The van der Waals surface area contributed by atoms with E-state index in [9.17, 15) is 35.4 Å². The molecule has 8 nitrogen and oxygen atoms in total. The van der Waals surface area contributed by atoms with Crippen LogP contribution in [0.3, 0.4) is 0 Å². The van der Waals surface area contributed by atoms with Crippen LogP contribution in [0.25, 0.3) is 0 Å². The van der Waals surface area contributed by atoms with Gasteiger partial charge in [0, 0.05) is 219 Å². The third kappa shape index (κ3) is 30.1. The number of aliphatic hydroxyl groups excluding tert-OH is 6. The standard InChI is InChI=1S/2C27H44O2.C21H23O3P.C18H32O.6Y/c2*1-18(2)8-6-9-19(3)23-13-14-24-22(10-7-15-27(23,24)5)12-11-21-16-25(28)20(4)26(29)17-21;1-16-20(22)14-17(15-21(16)23)12-13-24-25(18-8-4-2-5-9-18)19-10-6-3-7-11-19;1-13(2)7-5-8-14(3)15-10-11-16-17(19)9-6-12-18(15,16)4;;;;;;/h2*11-12,18-19,23-26,28-29H,4,6-10,13-17H2,1-3,5H3;2-12,20-23H,1,13-15H2;13-16H,5-12H2,1-4H3;;;;;;/b2*22-12+;;;;;;;;/t2*19-,23?,24-,25+,26+,27+;20-,21-;14-,15?,16-,18+;;;;;;/m0010....../s1. The molecular formula is C93H143O8PY6. The van der Waals surface area contributed by atoms with Crippen LogP contribution in [0.1, 0.15) is 276 Å². The molecule has 2 aromatic carbocycles. The van der Waals surface area contributed by atoms with Crippen molar-refractivity contribution in [2.45, 2.75) is 312 Å². The molecule has 0 heterocycles. The summed E-state index contributed by atoms with van der Waals surface area (Å²) in [7, 11) is -0.896. The zero-order valence-corrected chi connectivity index (χ0v) is 87.4. The number of allylic oxidation sites excluding steroid dienone is 6. The van der Waals surface area contributed by atoms with E-state index in [1.807, 2.05) is 42.5 Å². The number of Topliss-reactive ketones (excluding diaryl/α,β-unsaturated/α-hetero) is 1. The number of carbonyl (C=O) groups is 1. The van der Waals surface area contributed by atoms with Gasteiger partial charge in [-0.05, 0) is 226 Å². The molecule has 9 fully saturated rings. The van der Waals surface area contributed by atoms with Gasteiger partial charge >= 0.3 is 0 Å². The van der Waals surface area contributed by atoms with Crippen LogP contribution in [-0.2, 0) is 206 Å². The normalized spacial score (nSPS) is 31.6. The summed E-state index contributed by atoms with van der Waals surface area (Å²) in [6.45, 7) is 40.9. The van der Waals surface area contributed by atoms with Crippen LogP contribution < -0.4 is 10.6 Å². The van der Waals surface area contributed by atoms with Crippen molar-refractivity contribution in [3.05, 3.63) is 155 Å². The minimum Gasteiger partial charge on any atom is -0.388 e. The minimum absolute atomic E-state index is 0. The second-order valence-corrected chi connectivity index (χ2v) is 37.8. The molecule has 11 rings (SSSR count). The van der Waals surface area contributed by atoms with E-state index in [0.717, 1.165) is 94.7 Å². The molecule has 18 atom stereocenters. The predicted molar refractivity (Wildman–Crippen MR) is 430 cm³/mol. The van der Waals surface area contributed by atoms with Gasteiger partial charge in [-0.3, -0.25) is 4.79 Å².